The minimum atomic E-state index is -0.635. The molecule has 0 aliphatic carbocycles. The Hall–Kier alpha value is -1.59. The molecule has 0 heterocycles. The quantitative estimate of drug-likeness (QED) is 0.597. The standard InChI is InChI=1S/C13H20N2O3/c1-9(2)14-12-6-4-3-5-11(12)13(18)15-10(7-16)8-17/h3-6,9-10,14,16-17H,7-8H2,1-2H3,(H,15,18). The average Bonchev–Trinajstić information content (AvgIpc) is 2.35. The summed E-state index contributed by atoms with van der Waals surface area (Å²) in [5.41, 5.74) is 1.23. The van der Waals surface area contributed by atoms with Crippen molar-refractivity contribution in [1.29, 1.82) is 0 Å². The Balaban J connectivity index is 2.84. The summed E-state index contributed by atoms with van der Waals surface area (Å²) in [5, 5.41) is 23.6. The van der Waals surface area contributed by atoms with Gasteiger partial charge in [-0.25, -0.2) is 0 Å². The average molecular weight is 252 g/mol. The lowest BCUT2D eigenvalue weighted by Gasteiger charge is -2.17. The van der Waals surface area contributed by atoms with E-state index in [0.29, 0.717) is 5.56 Å². The van der Waals surface area contributed by atoms with Crippen molar-refractivity contribution in [2.75, 3.05) is 18.5 Å². The molecule has 0 spiro atoms. The first-order valence-corrected chi connectivity index (χ1v) is 5.96. The summed E-state index contributed by atoms with van der Waals surface area (Å²) in [5.74, 6) is -0.313. The van der Waals surface area contributed by atoms with Gasteiger partial charge in [0.2, 0.25) is 0 Å². The molecule has 4 N–H and O–H groups in total. The third-order valence-corrected chi connectivity index (χ3v) is 2.39. The summed E-state index contributed by atoms with van der Waals surface area (Å²) in [6.07, 6.45) is 0. The molecule has 0 fully saturated rings. The minimum absolute atomic E-state index is 0.213. The number of para-hydroxylation sites is 1. The Morgan fingerprint density at radius 3 is 2.39 bits per heavy atom. The van der Waals surface area contributed by atoms with E-state index >= 15 is 0 Å². The molecular weight excluding hydrogens is 232 g/mol. The maximum absolute atomic E-state index is 12.0. The molecule has 5 heteroatoms. The number of nitrogens with one attached hydrogen (secondary N) is 2. The molecule has 5 nitrogen and oxygen atoms in total. The maximum atomic E-state index is 12.0. The monoisotopic (exact) mass is 252 g/mol. The van der Waals surface area contributed by atoms with Crippen LogP contribution < -0.4 is 10.6 Å². The molecule has 0 radical (unpaired) electrons. The summed E-state index contributed by atoms with van der Waals surface area (Å²) in [4.78, 5) is 12.0. The van der Waals surface area contributed by atoms with Crippen molar-refractivity contribution >= 4 is 11.6 Å². The van der Waals surface area contributed by atoms with Crippen LogP contribution in [0.1, 0.15) is 24.2 Å². The molecular formula is C13H20N2O3. The van der Waals surface area contributed by atoms with E-state index in [1.165, 1.54) is 0 Å². The van der Waals surface area contributed by atoms with Gasteiger partial charge in [-0.3, -0.25) is 4.79 Å². The fourth-order valence-electron chi connectivity index (χ4n) is 1.53. The van der Waals surface area contributed by atoms with Gasteiger partial charge in [-0.05, 0) is 26.0 Å². The molecule has 1 rings (SSSR count). The van der Waals surface area contributed by atoms with Crippen LogP contribution in [0.15, 0.2) is 24.3 Å². The number of benzene rings is 1. The van der Waals surface area contributed by atoms with Crippen molar-refractivity contribution in [3.05, 3.63) is 29.8 Å². The number of carbonyl (C=O) groups excluding carboxylic acids is 1. The molecule has 0 saturated heterocycles. The van der Waals surface area contributed by atoms with E-state index in [4.69, 9.17) is 10.2 Å². The zero-order valence-corrected chi connectivity index (χ0v) is 10.7. The molecule has 1 aromatic rings. The number of aliphatic hydroxyl groups is 2. The van der Waals surface area contributed by atoms with Crippen LogP contribution in [0, 0.1) is 0 Å². The predicted octanol–water partition coefficient (Wildman–Crippen LogP) is 0.590. The molecule has 0 bridgehead atoms. The van der Waals surface area contributed by atoms with Gasteiger partial charge >= 0.3 is 0 Å². The molecule has 18 heavy (non-hydrogen) atoms. The number of amides is 1. The van der Waals surface area contributed by atoms with Crippen molar-refractivity contribution in [2.45, 2.75) is 25.9 Å². The van der Waals surface area contributed by atoms with Crippen molar-refractivity contribution < 1.29 is 15.0 Å². The molecule has 1 amide bonds. The van der Waals surface area contributed by atoms with Gasteiger partial charge < -0.3 is 20.8 Å². The third-order valence-electron chi connectivity index (χ3n) is 2.39. The number of rotatable bonds is 6. The highest BCUT2D eigenvalue weighted by Crippen LogP contribution is 2.16. The molecule has 0 unspecified atom stereocenters. The Bertz CT molecular complexity index is 390. The van der Waals surface area contributed by atoms with Gasteiger partial charge in [0.25, 0.3) is 5.91 Å². The molecule has 0 aromatic heterocycles. The molecule has 1 aromatic carbocycles. The van der Waals surface area contributed by atoms with Gasteiger partial charge in [0.15, 0.2) is 0 Å². The second-order valence-electron chi connectivity index (χ2n) is 4.38. The second-order valence-corrected chi connectivity index (χ2v) is 4.38. The summed E-state index contributed by atoms with van der Waals surface area (Å²) in [7, 11) is 0. The van der Waals surface area contributed by atoms with Crippen LogP contribution in [0.4, 0.5) is 5.69 Å². The fourth-order valence-corrected chi connectivity index (χ4v) is 1.53. The lowest BCUT2D eigenvalue weighted by Crippen LogP contribution is -2.40. The number of carbonyl (C=O) groups is 1. The van der Waals surface area contributed by atoms with E-state index in [9.17, 15) is 4.79 Å². The first-order valence-electron chi connectivity index (χ1n) is 5.96. The third kappa shape index (κ3) is 4.01. The van der Waals surface area contributed by atoms with Gasteiger partial charge in [-0.1, -0.05) is 12.1 Å². The van der Waals surface area contributed by atoms with Gasteiger partial charge in [0.1, 0.15) is 0 Å². The van der Waals surface area contributed by atoms with E-state index in [1.807, 2.05) is 26.0 Å². The highest BCUT2D eigenvalue weighted by molar-refractivity contribution is 5.99. The number of hydrogen-bond acceptors (Lipinski definition) is 4. The zero-order valence-electron chi connectivity index (χ0n) is 10.7. The first-order chi connectivity index (χ1) is 8.58. The summed E-state index contributed by atoms with van der Waals surface area (Å²) >= 11 is 0. The van der Waals surface area contributed by atoms with E-state index in [0.717, 1.165) is 5.69 Å². The predicted molar refractivity (Wildman–Crippen MR) is 70.6 cm³/mol. The van der Waals surface area contributed by atoms with E-state index in [1.54, 1.807) is 12.1 Å². The van der Waals surface area contributed by atoms with Crippen molar-refractivity contribution in [2.24, 2.45) is 0 Å². The van der Waals surface area contributed by atoms with E-state index in [2.05, 4.69) is 10.6 Å². The van der Waals surface area contributed by atoms with Crippen LogP contribution in [-0.2, 0) is 0 Å². The number of anilines is 1. The van der Waals surface area contributed by atoms with Gasteiger partial charge in [-0.15, -0.1) is 0 Å². The highest BCUT2D eigenvalue weighted by atomic mass is 16.3. The Labute approximate surface area is 107 Å². The number of aliphatic hydroxyl groups excluding tert-OH is 2. The largest absolute Gasteiger partial charge is 0.394 e. The lowest BCUT2D eigenvalue weighted by molar-refractivity contribution is 0.0880. The highest BCUT2D eigenvalue weighted by Gasteiger charge is 2.15. The summed E-state index contributed by atoms with van der Waals surface area (Å²) < 4.78 is 0. The van der Waals surface area contributed by atoms with Gasteiger partial charge in [0, 0.05) is 11.7 Å². The Morgan fingerprint density at radius 2 is 1.83 bits per heavy atom. The van der Waals surface area contributed by atoms with Crippen LogP contribution >= 0.6 is 0 Å². The minimum Gasteiger partial charge on any atom is -0.394 e. The SMILES string of the molecule is CC(C)Nc1ccccc1C(=O)NC(CO)CO. The van der Waals surface area contributed by atoms with Gasteiger partial charge in [0.05, 0.1) is 24.8 Å². The van der Waals surface area contributed by atoms with Crippen molar-refractivity contribution in [3.63, 3.8) is 0 Å². The molecule has 0 aliphatic heterocycles. The zero-order chi connectivity index (χ0) is 13.5. The number of hydrogen-bond donors (Lipinski definition) is 4. The Kier molecular flexibility index (Phi) is 5.61. The van der Waals surface area contributed by atoms with Crippen LogP contribution in [0.5, 0.6) is 0 Å². The van der Waals surface area contributed by atoms with Crippen LogP contribution in [0.25, 0.3) is 0 Å². The van der Waals surface area contributed by atoms with E-state index < -0.39 is 6.04 Å². The van der Waals surface area contributed by atoms with Crippen molar-refractivity contribution in [1.82, 2.24) is 5.32 Å². The molecule has 100 valence electrons. The second kappa shape index (κ2) is 6.98. The van der Waals surface area contributed by atoms with Crippen LogP contribution in [0.3, 0.4) is 0 Å². The molecule has 0 atom stereocenters. The van der Waals surface area contributed by atoms with Crippen molar-refractivity contribution in [3.8, 4) is 0 Å². The maximum Gasteiger partial charge on any atom is 0.253 e. The summed E-state index contributed by atoms with van der Waals surface area (Å²) in [6, 6.07) is 6.72. The van der Waals surface area contributed by atoms with Crippen LogP contribution in [0.2, 0.25) is 0 Å². The lowest BCUT2D eigenvalue weighted by atomic mass is 10.1. The smallest absolute Gasteiger partial charge is 0.253 e. The van der Waals surface area contributed by atoms with Crippen LogP contribution in [-0.4, -0.2) is 41.4 Å². The first kappa shape index (κ1) is 14.5. The normalized spacial score (nSPS) is 10.8. The molecule has 0 aliphatic rings. The molecule has 0 saturated carbocycles. The van der Waals surface area contributed by atoms with E-state index in [-0.39, 0.29) is 25.2 Å². The fraction of sp³-hybridized carbons (Fsp3) is 0.462. The topological polar surface area (TPSA) is 81.6 Å². The summed E-state index contributed by atoms with van der Waals surface area (Å²) in [6.45, 7) is 3.39. The Morgan fingerprint density at radius 1 is 1.22 bits per heavy atom. The van der Waals surface area contributed by atoms with Gasteiger partial charge in [-0.2, -0.15) is 0 Å².